The molecule has 1 N–H and O–H groups in total. The van der Waals surface area contributed by atoms with Crippen LogP contribution in [0.3, 0.4) is 0 Å². The molecule has 6 heteroatoms. The Morgan fingerprint density at radius 1 is 1.15 bits per heavy atom. The molecule has 138 valence electrons. The Balaban J connectivity index is 2.04. The van der Waals surface area contributed by atoms with Crippen molar-refractivity contribution < 1.29 is 9.53 Å². The minimum absolute atomic E-state index is 0.314. The summed E-state index contributed by atoms with van der Waals surface area (Å²) in [6, 6.07) is 13.4. The summed E-state index contributed by atoms with van der Waals surface area (Å²) in [4.78, 5) is 14.6. The molecule has 2 rings (SSSR count). The molecule has 1 amide bonds. The van der Waals surface area contributed by atoms with E-state index in [1.807, 2.05) is 25.1 Å². The van der Waals surface area contributed by atoms with Crippen LogP contribution in [0.4, 0.5) is 5.69 Å². The zero-order valence-corrected chi connectivity index (χ0v) is 16.9. The van der Waals surface area contributed by atoms with Gasteiger partial charge >= 0.3 is 0 Å². The second-order valence-electron chi connectivity index (χ2n) is 5.54. The van der Waals surface area contributed by atoms with Crippen LogP contribution >= 0.6 is 15.9 Å². The monoisotopic (exact) mass is 417 g/mol. The predicted octanol–water partition coefficient (Wildman–Crippen LogP) is 4.46. The van der Waals surface area contributed by atoms with E-state index in [9.17, 15) is 4.79 Å². The lowest BCUT2D eigenvalue weighted by molar-refractivity contribution is 0.0951. The van der Waals surface area contributed by atoms with Crippen molar-refractivity contribution in [2.24, 2.45) is 5.10 Å². The normalized spacial score (nSPS) is 10.8. The van der Waals surface area contributed by atoms with E-state index >= 15 is 0 Å². The molecule has 0 aromatic heterocycles. The molecule has 26 heavy (non-hydrogen) atoms. The van der Waals surface area contributed by atoms with Crippen molar-refractivity contribution >= 4 is 33.7 Å². The average Bonchev–Trinajstić information content (AvgIpc) is 2.65. The quantitative estimate of drug-likeness (QED) is 0.509. The SMILES string of the molecule is CCOc1ccc(Br)cc1C(=O)N/N=C\c1ccc(N(CC)CC)cc1. The molecule has 2 aromatic rings. The van der Waals surface area contributed by atoms with Crippen LogP contribution in [-0.4, -0.2) is 31.8 Å². The summed E-state index contributed by atoms with van der Waals surface area (Å²) in [7, 11) is 0. The molecule has 5 nitrogen and oxygen atoms in total. The first kappa shape index (κ1) is 20.0. The van der Waals surface area contributed by atoms with E-state index in [4.69, 9.17) is 4.74 Å². The van der Waals surface area contributed by atoms with Crippen LogP contribution in [0.25, 0.3) is 0 Å². The molecule has 0 aliphatic rings. The fourth-order valence-electron chi connectivity index (χ4n) is 2.55. The molecule has 0 heterocycles. The van der Waals surface area contributed by atoms with E-state index < -0.39 is 0 Å². The highest BCUT2D eigenvalue weighted by molar-refractivity contribution is 9.10. The third-order valence-electron chi connectivity index (χ3n) is 3.89. The topological polar surface area (TPSA) is 53.9 Å². The highest BCUT2D eigenvalue weighted by Gasteiger charge is 2.12. The molecular formula is C20H24BrN3O2. The zero-order chi connectivity index (χ0) is 18.9. The Hall–Kier alpha value is -2.34. The fraction of sp³-hybridized carbons (Fsp3) is 0.300. The Morgan fingerprint density at radius 2 is 1.85 bits per heavy atom. The molecule has 0 aliphatic heterocycles. The van der Waals surface area contributed by atoms with Crippen molar-refractivity contribution in [1.82, 2.24) is 5.43 Å². The molecule has 0 atom stereocenters. The van der Waals surface area contributed by atoms with Crippen LogP contribution in [0, 0.1) is 0 Å². The number of carbonyl (C=O) groups is 1. The number of carbonyl (C=O) groups excluding carboxylic acids is 1. The first-order chi connectivity index (χ1) is 12.6. The van der Waals surface area contributed by atoms with Gasteiger partial charge in [-0.1, -0.05) is 28.1 Å². The number of amides is 1. The maximum absolute atomic E-state index is 12.4. The van der Waals surface area contributed by atoms with Gasteiger partial charge in [-0.05, 0) is 56.7 Å². The summed E-state index contributed by atoms with van der Waals surface area (Å²) >= 11 is 3.37. The third kappa shape index (κ3) is 5.33. The Labute approximate surface area is 163 Å². The second-order valence-corrected chi connectivity index (χ2v) is 6.45. The van der Waals surface area contributed by atoms with E-state index in [1.165, 1.54) is 5.69 Å². The summed E-state index contributed by atoms with van der Waals surface area (Å²) in [5.74, 6) is 0.220. The number of ether oxygens (including phenoxy) is 1. The number of rotatable bonds is 8. The Bertz CT molecular complexity index is 756. The van der Waals surface area contributed by atoms with Crippen molar-refractivity contribution in [2.45, 2.75) is 20.8 Å². The van der Waals surface area contributed by atoms with Gasteiger partial charge in [0.15, 0.2) is 0 Å². The zero-order valence-electron chi connectivity index (χ0n) is 15.3. The van der Waals surface area contributed by atoms with Crippen LogP contribution in [0.5, 0.6) is 5.75 Å². The largest absolute Gasteiger partial charge is 0.493 e. The minimum atomic E-state index is -0.314. The highest BCUT2D eigenvalue weighted by atomic mass is 79.9. The summed E-state index contributed by atoms with van der Waals surface area (Å²) < 4.78 is 6.30. The van der Waals surface area contributed by atoms with Crippen molar-refractivity contribution in [1.29, 1.82) is 0 Å². The van der Waals surface area contributed by atoms with Gasteiger partial charge in [-0.3, -0.25) is 4.79 Å². The van der Waals surface area contributed by atoms with E-state index in [2.05, 4.69) is 57.3 Å². The molecule has 0 saturated heterocycles. The minimum Gasteiger partial charge on any atom is -0.493 e. The Kier molecular flexibility index (Phi) is 7.66. The third-order valence-corrected chi connectivity index (χ3v) is 4.38. The number of benzene rings is 2. The second kappa shape index (κ2) is 9.97. The van der Waals surface area contributed by atoms with Crippen LogP contribution < -0.4 is 15.1 Å². The van der Waals surface area contributed by atoms with Gasteiger partial charge in [0.2, 0.25) is 0 Å². The van der Waals surface area contributed by atoms with Crippen molar-refractivity contribution in [3.05, 3.63) is 58.1 Å². The van der Waals surface area contributed by atoms with Crippen LogP contribution in [0.15, 0.2) is 52.0 Å². The summed E-state index contributed by atoms with van der Waals surface area (Å²) in [6.45, 7) is 8.57. The number of nitrogens with one attached hydrogen (secondary N) is 1. The summed E-state index contributed by atoms with van der Waals surface area (Å²) in [5.41, 5.74) is 5.08. The smallest absolute Gasteiger partial charge is 0.275 e. The lowest BCUT2D eigenvalue weighted by Crippen LogP contribution is -2.21. The first-order valence-corrected chi connectivity index (χ1v) is 9.49. The molecule has 0 saturated carbocycles. The van der Waals surface area contributed by atoms with Crippen molar-refractivity contribution in [2.75, 3.05) is 24.6 Å². The average molecular weight is 418 g/mol. The van der Waals surface area contributed by atoms with E-state index in [0.29, 0.717) is 17.9 Å². The number of halogens is 1. The summed E-state index contributed by atoms with van der Waals surface area (Å²) in [6.07, 6.45) is 1.63. The van der Waals surface area contributed by atoms with Crippen LogP contribution in [-0.2, 0) is 0 Å². The maximum atomic E-state index is 12.4. The van der Waals surface area contributed by atoms with Crippen molar-refractivity contribution in [3.63, 3.8) is 0 Å². The van der Waals surface area contributed by atoms with Gasteiger partial charge < -0.3 is 9.64 Å². The number of hydrogen-bond acceptors (Lipinski definition) is 4. The molecule has 0 unspecified atom stereocenters. The van der Waals surface area contributed by atoms with Crippen LogP contribution in [0.1, 0.15) is 36.7 Å². The molecular weight excluding hydrogens is 394 g/mol. The standard InChI is InChI=1S/C20H24BrN3O2/c1-4-24(5-2)17-10-7-15(8-11-17)14-22-23-20(25)18-13-16(21)9-12-19(18)26-6-3/h7-14H,4-6H2,1-3H3,(H,23,25)/b22-14-. The molecule has 2 aromatic carbocycles. The lowest BCUT2D eigenvalue weighted by atomic mass is 10.2. The van der Waals surface area contributed by atoms with E-state index in [-0.39, 0.29) is 5.91 Å². The van der Waals surface area contributed by atoms with Gasteiger partial charge in [-0.15, -0.1) is 0 Å². The number of nitrogens with zero attached hydrogens (tertiary/aromatic N) is 2. The number of hydrogen-bond donors (Lipinski definition) is 1. The van der Waals surface area contributed by atoms with Crippen molar-refractivity contribution in [3.8, 4) is 5.75 Å². The van der Waals surface area contributed by atoms with Gasteiger partial charge in [-0.25, -0.2) is 5.43 Å². The van der Waals surface area contributed by atoms with Gasteiger partial charge in [0.1, 0.15) is 5.75 Å². The highest BCUT2D eigenvalue weighted by Crippen LogP contribution is 2.23. The fourth-order valence-corrected chi connectivity index (χ4v) is 2.91. The lowest BCUT2D eigenvalue weighted by Gasteiger charge is -2.20. The van der Waals surface area contributed by atoms with E-state index in [1.54, 1.807) is 18.3 Å². The molecule has 0 spiro atoms. The maximum Gasteiger partial charge on any atom is 0.275 e. The summed E-state index contributed by atoms with van der Waals surface area (Å²) in [5, 5.41) is 4.05. The molecule has 0 bridgehead atoms. The number of anilines is 1. The molecule has 0 fully saturated rings. The van der Waals surface area contributed by atoms with Gasteiger partial charge in [0.25, 0.3) is 5.91 Å². The number of hydrazone groups is 1. The van der Waals surface area contributed by atoms with E-state index in [0.717, 1.165) is 23.1 Å². The van der Waals surface area contributed by atoms with Gasteiger partial charge in [-0.2, -0.15) is 5.10 Å². The predicted molar refractivity (Wildman–Crippen MR) is 110 cm³/mol. The van der Waals surface area contributed by atoms with Gasteiger partial charge in [0.05, 0.1) is 18.4 Å². The van der Waals surface area contributed by atoms with Gasteiger partial charge in [0, 0.05) is 23.2 Å². The van der Waals surface area contributed by atoms with Crippen LogP contribution in [0.2, 0.25) is 0 Å². The first-order valence-electron chi connectivity index (χ1n) is 8.69. The molecule has 0 aliphatic carbocycles. The molecule has 0 radical (unpaired) electrons. The Morgan fingerprint density at radius 3 is 2.46 bits per heavy atom.